The summed E-state index contributed by atoms with van der Waals surface area (Å²) in [7, 11) is 0. The summed E-state index contributed by atoms with van der Waals surface area (Å²) in [5.74, 6) is 0. The van der Waals surface area contributed by atoms with E-state index in [1.54, 1.807) is 24.9 Å². The van der Waals surface area contributed by atoms with Gasteiger partial charge in [-0.05, 0) is 69.2 Å². The number of nitrogens with zero attached hydrogens (tertiary/aromatic N) is 4. The molecule has 0 aromatic carbocycles. The van der Waals surface area contributed by atoms with Gasteiger partial charge in [0.15, 0.2) is 0 Å². The minimum absolute atomic E-state index is 0. The first-order valence-electron chi connectivity index (χ1n) is 7.97. The molecule has 0 aromatic heterocycles. The van der Waals surface area contributed by atoms with Crippen LogP contribution in [0.5, 0.6) is 0 Å². The first-order valence-corrected chi connectivity index (χ1v) is 7.97. The van der Waals surface area contributed by atoms with Crippen LogP contribution in [0.25, 0.3) is 0 Å². The first kappa shape index (κ1) is 27.0. The van der Waals surface area contributed by atoms with Crippen molar-refractivity contribution < 1.29 is 16.5 Å². The Hall–Kier alpha value is -0.826. The molecule has 0 amide bonds. The fourth-order valence-corrected chi connectivity index (χ4v) is 0.935. The summed E-state index contributed by atoms with van der Waals surface area (Å²) in [6.45, 7) is 20.5. The Balaban J connectivity index is -0.000000338. The van der Waals surface area contributed by atoms with Gasteiger partial charge in [-0.1, -0.05) is 0 Å². The van der Waals surface area contributed by atoms with Crippen LogP contribution in [0.3, 0.4) is 0 Å². The van der Waals surface area contributed by atoms with E-state index in [4.69, 9.17) is 0 Å². The molecule has 0 aliphatic carbocycles. The van der Waals surface area contributed by atoms with Crippen LogP contribution in [-0.2, 0) is 16.5 Å². The molecule has 0 aromatic rings. The van der Waals surface area contributed by atoms with Crippen LogP contribution in [-0.4, -0.2) is 48.0 Å². The van der Waals surface area contributed by atoms with Gasteiger partial charge < -0.3 is 0 Å². The average Bonchev–Trinajstić information content (AvgIpc) is 2.28. The molecule has 0 spiro atoms. The normalized spacial score (nSPS) is 13.4. The maximum atomic E-state index is 4.29. The molecule has 0 bridgehead atoms. The summed E-state index contributed by atoms with van der Waals surface area (Å²) >= 11 is 0. The van der Waals surface area contributed by atoms with Crippen molar-refractivity contribution in [3.8, 4) is 0 Å². The molecule has 138 valence electrons. The zero-order chi connectivity index (χ0) is 17.8. The van der Waals surface area contributed by atoms with Gasteiger partial charge in [-0.15, -0.1) is 0 Å². The quantitative estimate of drug-likeness (QED) is 0.512. The number of aliphatic imine (C=N–C) groups is 4. The molecule has 0 rings (SSSR count). The van der Waals surface area contributed by atoms with Crippen molar-refractivity contribution in [3.05, 3.63) is 0 Å². The molecule has 0 unspecified atom stereocenters. The molecule has 0 aliphatic rings. The van der Waals surface area contributed by atoms with E-state index in [1.165, 1.54) is 0 Å². The van der Waals surface area contributed by atoms with E-state index >= 15 is 0 Å². The van der Waals surface area contributed by atoms with Gasteiger partial charge in [-0.3, -0.25) is 20.0 Å². The van der Waals surface area contributed by atoms with Crippen molar-refractivity contribution in [1.82, 2.24) is 0 Å². The Morgan fingerprint density at radius 2 is 0.826 bits per heavy atom. The van der Waals surface area contributed by atoms with Gasteiger partial charge in [0.25, 0.3) is 0 Å². The summed E-state index contributed by atoms with van der Waals surface area (Å²) in [6.07, 6.45) is 7.05. The molecular formula is C18H36N4Ni. The van der Waals surface area contributed by atoms with Crippen LogP contribution >= 0.6 is 0 Å². The largest absolute Gasteiger partial charge is 0.289 e. The smallest absolute Gasteiger partial charge is 0.0524 e. The van der Waals surface area contributed by atoms with Crippen LogP contribution in [0.15, 0.2) is 20.0 Å². The molecule has 4 nitrogen and oxygen atoms in total. The maximum absolute atomic E-state index is 4.29. The summed E-state index contributed by atoms with van der Waals surface area (Å²) in [5.41, 5.74) is 0.00775. The van der Waals surface area contributed by atoms with Crippen LogP contribution < -0.4 is 0 Å². The van der Waals surface area contributed by atoms with Crippen LogP contribution in [0.1, 0.15) is 69.2 Å². The van der Waals surface area contributed by atoms with E-state index in [9.17, 15) is 0 Å². The number of rotatable bonds is 4. The molecule has 5 heteroatoms. The third kappa shape index (κ3) is 33.8. The second-order valence-electron chi connectivity index (χ2n) is 7.68. The van der Waals surface area contributed by atoms with E-state index in [2.05, 4.69) is 61.5 Å². The second-order valence-corrected chi connectivity index (χ2v) is 7.68. The zero-order valence-corrected chi connectivity index (χ0v) is 17.6. The topological polar surface area (TPSA) is 49.4 Å². The first-order chi connectivity index (χ1) is 9.83. The van der Waals surface area contributed by atoms with Gasteiger partial charge in [0, 0.05) is 53.4 Å². The molecule has 0 aliphatic heterocycles. The third-order valence-electron chi connectivity index (χ3n) is 1.83. The van der Waals surface area contributed by atoms with Crippen molar-refractivity contribution in [2.24, 2.45) is 20.0 Å². The molecule has 0 saturated carbocycles. The van der Waals surface area contributed by atoms with Gasteiger partial charge in [0.05, 0.1) is 11.1 Å². The molecular weight excluding hydrogens is 331 g/mol. The van der Waals surface area contributed by atoms with Crippen LogP contribution in [0, 0.1) is 0 Å². The predicted molar refractivity (Wildman–Crippen MR) is 104 cm³/mol. The Kier molecular flexibility index (Phi) is 16.0. The zero-order valence-electron chi connectivity index (χ0n) is 16.6. The fraction of sp³-hybridized carbons (Fsp3) is 0.778. The SMILES string of the molecule is CC(C)(C)N=CC=NC(C)(C)C.CC(C)N=CC=NC(C)C.[Ni]. The minimum atomic E-state index is 0. The molecule has 0 radical (unpaired) electrons. The van der Waals surface area contributed by atoms with E-state index in [0.717, 1.165) is 0 Å². The van der Waals surface area contributed by atoms with Crippen molar-refractivity contribution >= 4 is 24.9 Å². The van der Waals surface area contributed by atoms with Crippen molar-refractivity contribution in [2.45, 2.75) is 92.4 Å². The standard InChI is InChI=1S/C10H20N2.C8H16N2.Ni/c1-9(2,3)11-7-8-12-10(4,5)6;1-7(2)9-5-6-10-8(3)4;/h7-8H,1-6H3;5-8H,1-4H3;. The Morgan fingerprint density at radius 3 is 1.00 bits per heavy atom. The predicted octanol–water partition coefficient (Wildman–Crippen LogP) is 4.67. The number of hydrogen-bond acceptors (Lipinski definition) is 4. The molecule has 0 fully saturated rings. The second kappa shape index (κ2) is 13.6. The van der Waals surface area contributed by atoms with Crippen molar-refractivity contribution in [3.63, 3.8) is 0 Å². The van der Waals surface area contributed by atoms with Crippen LogP contribution in [0.4, 0.5) is 0 Å². The minimum Gasteiger partial charge on any atom is -0.289 e. The molecule has 0 heterocycles. The fourth-order valence-electron chi connectivity index (χ4n) is 0.935. The molecule has 23 heavy (non-hydrogen) atoms. The van der Waals surface area contributed by atoms with Gasteiger partial charge in [-0.25, -0.2) is 0 Å². The van der Waals surface area contributed by atoms with Gasteiger partial charge in [-0.2, -0.15) is 0 Å². The van der Waals surface area contributed by atoms with Gasteiger partial charge >= 0.3 is 0 Å². The Morgan fingerprint density at radius 1 is 0.565 bits per heavy atom. The summed E-state index contributed by atoms with van der Waals surface area (Å²) < 4.78 is 0. The Labute approximate surface area is 154 Å². The summed E-state index contributed by atoms with van der Waals surface area (Å²) in [6, 6.07) is 0.747. The summed E-state index contributed by atoms with van der Waals surface area (Å²) in [5, 5.41) is 0. The Bertz CT molecular complexity index is 343. The van der Waals surface area contributed by atoms with Crippen molar-refractivity contribution in [2.75, 3.05) is 0 Å². The molecule has 0 atom stereocenters. The van der Waals surface area contributed by atoms with Crippen molar-refractivity contribution in [1.29, 1.82) is 0 Å². The van der Waals surface area contributed by atoms with E-state index in [0.29, 0.717) is 12.1 Å². The van der Waals surface area contributed by atoms with E-state index in [1.807, 2.05) is 27.7 Å². The summed E-state index contributed by atoms with van der Waals surface area (Å²) in [4.78, 5) is 16.8. The monoisotopic (exact) mass is 366 g/mol. The van der Waals surface area contributed by atoms with Crippen LogP contribution in [0.2, 0.25) is 0 Å². The third-order valence-corrected chi connectivity index (χ3v) is 1.83. The maximum Gasteiger partial charge on any atom is 0.0524 e. The average molecular weight is 367 g/mol. The molecule has 0 saturated heterocycles. The molecule has 0 N–H and O–H groups in total. The van der Waals surface area contributed by atoms with E-state index in [-0.39, 0.29) is 27.6 Å². The van der Waals surface area contributed by atoms with Gasteiger partial charge in [0.2, 0.25) is 0 Å². The van der Waals surface area contributed by atoms with Gasteiger partial charge in [0.1, 0.15) is 0 Å². The number of hydrogen-bond donors (Lipinski definition) is 0. The van der Waals surface area contributed by atoms with E-state index < -0.39 is 0 Å².